The molecule has 18 heavy (non-hydrogen) atoms. The monoisotopic (exact) mass is 287 g/mol. The first kappa shape index (κ1) is 15.0. The molecule has 0 saturated heterocycles. The van der Waals surface area contributed by atoms with Gasteiger partial charge in [-0.1, -0.05) is 24.0 Å². The van der Waals surface area contributed by atoms with Crippen LogP contribution in [0.15, 0.2) is 15.3 Å². The van der Waals surface area contributed by atoms with Gasteiger partial charge < -0.3 is 14.4 Å². The third-order valence-electron chi connectivity index (χ3n) is 2.51. The van der Waals surface area contributed by atoms with Crippen LogP contribution < -0.4 is 5.63 Å². The molecule has 1 N–H and O–H groups in total. The highest BCUT2D eigenvalue weighted by Crippen LogP contribution is 2.21. The van der Waals surface area contributed by atoms with Gasteiger partial charge in [0.15, 0.2) is 0 Å². The second-order valence-electron chi connectivity index (χ2n) is 3.74. The molecule has 0 saturated carbocycles. The SMILES string of the molecule is CCN(CC)C(=S)SCc1c(O)cc(C)oc1=O. The molecule has 0 aliphatic heterocycles. The molecule has 1 aromatic rings. The highest BCUT2D eigenvalue weighted by Gasteiger charge is 2.13. The average Bonchev–Trinajstić information content (AvgIpc) is 2.29. The number of thioether (sulfide) groups is 1. The Hall–Kier alpha value is -1.01. The average molecular weight is 287 g/mol. The van der Waals surface area contributed by atoms with Crippen molar-refractivity contribution in [3.05, 3.63) is 27.8 Å². The van der Waals surface area contributed by atoms with Gasteiger partial charge >= 0.3 is 5.63 Å². The Morgan fingerprint density at radius 3 is 2.61 bits per heavy atom. The number of nitrogens with zero attached hydrogens (tertiary/aromatic N) is 1. The van der Waals surface area contributed by atoms with E-state index in [9.17, 15) is 9.90 Å². The molecule has 100 valence electrons. The molecule has 1 rings (SSSR count). The Morgan fingerprint density at radius 2 is 2.11 bits per heavy atom. The van der Waals surface area contributed by atoms with Crippen molar-refractivity contribution < 1.29 is 9.52 Å². The smallest absolute Gasteiger partial charge is 0.343 e. The summed E-state index contributed by atoms with van der Waals surface area (Å²) in [6, 6.07) is 1.44. The van der Waals surface area contributed by atoms with Gasteiger partial charge in [0.25, 0.3) is 0 Å². The van der Waals surface area contributed by atoms with E-state index in [0.717, 1.165) is 17.4 Å². The fraction of sp³-hybridized carbons (Fsp3) is 0.500. The van der Waals surface area contributed by atoms with Gasteiger partial charge in [-0.25, -0.2) is 4.79 Å². The number of aromatic hydroxyl groups is 1. The van der Waals surface area contributed by atoms with E-state index in [1.54, 1.807) is 6.92 Å². The Bertz CT molecular complexity index is 481. The summed E-state index contributed by atoms with van der Waals surface area (Å²) in [6.07, 6.45) is 0. The van der Waals surface area contributed by atoms with E-state index in [2.05, 4.69) is 0 Å². The van der Waals surface area contributed by atoms with Gasteiger partial charge in [0.2, 0.25) is 0 Å². The molecule has 0 aliphatic carbocycles. The zero-order chi connectivity index (χ0) is 13.7. The maximum absolute atomic E-state index is 11.6. The highest BCUT2D eigenvalue weighted by atomic mass is 32.2. The number of thiocarbonyl (C=S) groups is 1. The molecule has 0 bridgehead atoms. The molecule has 6 heteroatoms. The summed E-state index contributed by atoms with van der Waals surface area (Å²) in [5.74, 6) is 0.695. The molecule has 4 nitrogen and oxygen atoms in total. The first-order chi connectivity index (χ1) is 8.49. The Balaban J connectivity index is 2.75. The van der Waals surface area contributed by atoms with E-state index in [1.807, 2.05) is 18.7 Å². The van der Waals surface area contributed by atoms with Crippen LogP contribution in [0, 0.1) is 6.92 Å². The first-order valence-corrected chi connectivity index (χ1v) is 7.13. The molecule has 0 radical (unpaired) electrons. The van der Waals surface area contributed by atoms with Crippen molar-refractivity contribution in [3.63, 3.8) is 0 Å². The minimum Gasteiger partial charge on any atom is -0.507 e. The summed E-state index contributed by atoms with van der Waals surface area (Å²) in [5, 5.41) is 9.71. The van der Waals surface area contributed by atoms with Crippen LogP contribution in [0.3, 0.4) is 0 Å². The van der Waals surface area contributed by atoms with E-state index in [4.69, 9.17) is 16.6 Å². The molecule has 0 atom stereocenters. The molecule has 0 aromatic carbocycles. The molecule has 0 unspecified atom stereocenters. The van der Waals surface area contributed by atoms with Crippen LogP contribution in [0.5, 0.6) is 5.75 Å². The number of hydrogen-bond donors (Lipinski definition) is 1. The summed E-state index contributed by atoms with van der Waals surface area (Å²) in [4.78, 5) is 13.6. The third-order valence-corrected chi connectivity index (χ3v) is 4.06. The molecule has 0 amide bonds. The first-order valence-electron chi connectivity index (χ1n) is 5.73. The van der Waals surface area contributed by atoms with E-state index in [-0.39, 0.29) is 11.3 Å². The maximum Gasteiger partial charge on any atom is 0.343 e. The summed E-state index contributed by atoms with van der Waals surface area (Å²) in [6.45, 7) is 7.33. The molecular weight excluding hydrogens is 270 g/mol. The lowest BCUT2D eigenvalue weighted by Gasteiger charge is -2.20. The van der Waals surface area contributed by atoms with Gasteiger partial charge in [0.1, 0.15) is 15.8 Å². The van der Waals surface area contributed by atoms with Crippen molar-refractivity contribution in [2.75, 3.05) is 13.1 Å². The Morgan fingerprint density at radius 1 is 1.50 bits per heavy atom. The lowest BCUT2D eigenvalue weighted by atomic mass is 10.3. The summed E-state index contributed by atoms with van der Waals surface area (Å²) < 4.78 is 5.67. The fourth-order valence-electron chi connectivity index (χ4n) is 1.46. The normalized spacial score (nSPS) is 10.4. The zero-order valence-electron chi connectivity index (χ0n) is 10.7. The fourth-order valence-corrected chi connectivity index (χ4v) is 2.87. The van der Waals surface area contributed by atoms with E-state index < -0.39 is 5.63 Å². The zero-order valence-corrected chi connectivity index (χ0v) is 12.4. The Labute approximate surface area is 116 Å². The van der Waals surface area contributed by atoms with Crippen LogP contribution in [0.4, 0.5) is 0 Å². The van der Waals surface area contributed by atoms with Gasteiger partial charge in [-0.05, 0) is 20.8 Å². The minimum absolute atomic E-state index is 0.0291. The minimum atomic E-state index is -0.498. The highest BCUT2D eigenvalue weighted by molar-refractivity contribution is 8.22. The second kappa shape index (κ2) is 6.80. The largest absolute Gasteiger partial charge is 0.507 e. The lowest BCUT2D eigenvalue weighted by molar-refractivity contribution is 0.426. The van der Waals surface area contributed by atoms with Crippen LogP contribution in [0.25, 0.3) is 0 Å². The second-order valence-corrected chi connectivity index (χ2v) is 5.34. The van der Waals surface area contributed by atoms with Crippen molar-refractivity contribution in [2.24, 2.45) is 0 Å². The molecule has 1 heterocycles. The summed E-state index contributed by atoms with van der Waals surface area (Å²) >= 11 is 6.62. The summed E-state index contributed by atoms with van der Waals surface area (Å²) in [7, 11) is 0. The van der Waals surface area contributed by atoms with Crippen molar-refractivity contribution in [3.8, 4) is 5.75 Å². The van der Waals surface area contributed by atoms with Crippen LogP contribution in [-0.2, 0) is 5.75 Å². The van der Waals surface area contributed by atoms with Crippen LogP contribution in [-0.4, -0.2) is 27.4 Å². The number of rotatable bonds is 4. The van der Waals surface area contributed by atoms with E-state index in [0.29, 0.717) is 11.5 Å². The standard InChI is InChI=1S/C12H17NO3S2/c1-4-13(5-2)12(17)18-7-9-10(14)6-8(3)16-11(9)15/h6,14H,4-5,7H2,1-3H3. The van der Waals surface area contributed by atoms with Gasteiger partial charge in [-0.2, -0.15) is 0 Å². The van der Waals surface area contributed by atoms with Gasteiger partial charge in [-0.3, -0.25) is 0 Å². The predicted octanol–water partition coefficient (Wildman–Crippen LogP) is 2.51. The molecule has 0 aliphatic rings. The van der Waals surface area contributed by atoms with Gasteiger partial charge in [-0.15, -0.1) is 0 Å². The number of hydrogen-bond acceptors (Lipinski definition) is 5. The lowest BCUT2D eigenvalue weighted by Crippen LogP contribution is -2.26. The molecule has 0 spiro atoms. The van der Waals surface area contributed by atoms with Crippen LogP contribution >= 0.6 is 24.0 Å². The van der Waals surface area contributed by atoms with Crippen molar-refractivity contribution in [1.29, 1.82) is 0 Å². The van der Waals surface area contributed by atoms with Crippen molar-refractivity contribution in [1.82, 2.24) is 4.90 Å². The maximum atomic E-state index is 11.6. The number of aryl methyl sites for hydroxylation is 1. The third kappa shape index (κ3) is 3.74. The summed E-state index contributed by atoms with van der Waals surface area (Å²) in [5.41, 5.74) is -0.234. The van der Waals surface area contributed by atoms with Crippen molar-refractivity contribution in [2.45, 2.75) is 26.5 Å². The molecule has 0 fully saturated rings. The van der Waals surface area contributed by atoms with E-state index in [1.165, 1.54) is 17.8 Å². The van der Waals surface area contributed by atoms with Crippen LogP contribution in [0.2, 0.25) is 0 Å². The predicted molar refractivity (Wildman–Crippen MR) is 78.2 cm³/mol. The van der Waals surface area contributed by atoms with Gasteiger partial charge in [0, 0.05) is 24.9 Å². The van der Waals surface area contributed by atoms with Crippen LogP contribution in [0.1, 0.15) is 25.2 Å². The topological polar surface area (TPSA) is 53.7 Å². The molecule has 1 aromatic heterocycles. The van der Waals surface area contributed by atoms with Gasteiger partial charge in [0.05, 0.1) is 5.56 Å². The van der Waals surface area contributed by atoms with E-state index >= 15 is 0 Å². The quantitative estimate of drug-likeness (QED) is 0.859. The Kier molecular flexibility index (Phi) is 5.68. The van der Waals surface area contributed by atoms with Crippen molar-refractivity contribution >= 4 is 28.3 Å². The molecular formula is C12H17NO3S2.